The zero-order valence-electron chi connectivity index (χ0n) is 11.7. The first-order valence-corrected chi connectivity index (χ1v) is 6.47. The summed E-state index contributed by atoms with van der Waals surface area (Å²) in [4.78, 5) is 16.9. The monoisotopic (exact) mass is 265 g/mol. The van der Waals surface area contributed by atoms with Gasteiger partial charge in [-0.05, 0) is 38.1 Å². The Hall–Kier alpha value is -2.49. The van der Waals surface area contributed by atoms with Gasteiger partial charge in [-0.25, -0.2) is 0 Å². The zero-order valence-corrected chi connectivity index (χ0v) is 11.7. The zero-order chi connectivity index (χ0) is 14.3. The van der Waals surface area contributed by atoms with Gasteiger partial charge in [-0.2, -0.15) is 5.10 Å². The second-order valence-corrected chi connectivity index (χ2v) is 4.91. The molecule has 20 heavy (non-hydrogen) atoms. The van der Waals surface area contributed by atoms with E-state index in [1.54, 1.807) is 10.9 Å². The summed E-state index contributed by atoms with van der Waals surface area (Å²) >= 11 is 0. The van der Waals surface area contributed by atoms with Gasteiger partial charge in [-0.1, -0.05) is 6.07 Å². The van der Waals surface area contributed by atoms with E-state index in [1.807, 2.05) is 51.2 Å². The Bertz CT molecular complexity index is 818. The molecule has 0 radical (unpaired) electrons. The largest absolute Gasteiger partial charge is 0.288 e. The summed E-state index contributed by atoms with van der Waals surface area (Å²) in [6, 6.07) is 9.42. The number of carbonyl (C=O) groups excluding carboxylic acids is 1. The van der Waals surface area contributed by atoms with Gasteiger partial charge in [0.25, 0.3) is 0 Å². The summed E-state index contributed by atoms with van der Waals surface area (Å²) in [7, 11) is 1.85. The molecule has 0 bridgehead atoms. The molecule has 1 aromatic carbocycles. The molecule has 0 aliphatic rings. The number of ketones is 1. The quantitative estimate of drug-likeness (QED) is 0.669. The average molecular weight is 265 g/mol. The minimum Gasteiger partial charge on any atom is -0.288 e. The van der Waals surface area contributed by atoms with Crippen LogP contribution in [-0.2, 0) is 7.05 Å². The third kappa shape index (κ3) is 1.90. The van der Waals surface area contributed by atoms with Gasteiger partial charge in [-0.15, -0.1) is 0 Å². The van der Waals surface area contributed by atoms with Gasteiger partial charge >= 0.3 is 0 Å². The van der Waals surface area contributed by atoms with E-state index in [4.69, 9.17) is 0 Å². The molecule has 3 aromatic rings. The molecule has 2 aromatic heterocycles. The minimum atomic E-state index is 0.0128. The molecule has 0 saturated carbocycles. The fourth-order valence-corrected chi connectivity index (χ4v) is 2.46. The highest BCUT2D eigenvalue weighted by Gasteiger charge is 2.19. The van der Waals surface area contributed by atoms with Crippen LogP contribution in [0.2, 0.25) is 0 Å². The molecule has 0 spiro atoms. The smallest absolute Gasteiger partial charge is 0.196 e. The average Bonchev–Trinajstić information content (AvgIpc) is 2.71. The molecule has 4 heteroatoms. The molecule has 0 amide bonds. The summed E-state index contributed by atoms with van der Waals surface area (Å²) in [6.07, 6.45) is 1.75. The number of carbonyl (C=O) groups is 1. The lowest BCUT2D eigenvalue weighted by molar-refractivity contribution is 0.103. The normalized spacial score (nSPS) is 10.9. The van der Waals surface area contributed by atoms with E-state index in [2.05, 4.69) is 10.1 Å². The van der Waals surface area contributed by atoms with Crippen molar-refractivity contribution >= 4 is 16.7 Å². The predicted molar refractivity (Wildman–Crippen MR) is 77.9 cm³/mol. The Morgan fingerprint density at radius 2 is 2.00 bits per heavy atom. The number of hydrogen-bond acceptors (Lipinski definition) is 3. The van der Waals surface area contributed by atoms with Gasteiger partial charge in [0, 0.05) is 29.9 Å². The molecule has 0 aliphatic carbocycles. The van der Waals surface area contributed by atoms with Crippen LogP contribution in [0.5, 0.6) is 0 Å². The Morgan fingerprint density at radius 1 is 1.20 bits per heavy atom. The van der Waals surface area contributed by atoms with Crippen LogP contribution in [-0.4, -0.2) is 20.5 Å². The lowest BCUT2D eigenvalue weighted by Crippen LogP contribution is -2.05. The van der Waals surface area contributed by atoms with Crippen LogP contribution in [0.25, 0.3) is 10.9 Å². The first-order valence-electron chi connectivity index (χ1n) is 6.47. The summed E-state index contributed by atoms with van der Waals surface area (Å²) in [5.41, 5.74) is 3.91. The Kier molecular flexibility index (Phi) is 2.86. The van der Waals surface area contributed by atoms with Crippen LogP contribution in [0, 0.1) is 13.8 Å². The van der Waals surface area contributed by atoms with Gasteiger partial charge in [0.1, 0.15) is 0 Å². The highest BCUT2D eigenvalue weighted by atomic mass is 16.1. The molecule has 0 unspecified atom stereocenters. The number of rotatable bonds is 2. The van der Waals surface area contributed by atoms with E-state index in [9.17, 15) is 4.79 Å². The third-order valence-electron chi connectivity index (χ3n) is 3.60. The summed E-state index contributed by atoms with van der Waals surface area (Å²) in [6.45, 7) is 3.78. The van der Waals surface area contributed by atoms with Gasteiger partial charge < -0.3 is 0 Å². The van der Waals surface area contributed by atoms with Crippen molar-refractivity contribution in [2.24, 2.45) is 7.05 Å². The lowest BCUT2D eigenvalue weighted by atomic mass is 10.00. The van der Waals surface area contributed by atoms with Gasteiger partial charge in [0.2, 0.25) is 0 Å². The van der Waals surface area contributed by atoms with Crippen molar-refractivity contribution in [3.8, 4) is 0 Å². The number of aryl methyl sites for hydroxylation is 2. The fraction of sp³-hybridized carbons (Fsp3) is 0.188. The van der Waals surface area contributed by atoms with Crippen molar-refractivity contribution < 1.29 is 4.79 Å². The van der Waals surface area contributed by atoms with Crippen LogP contribution < -0.4 is 0 Å². The SMILES string of the molecule is Cc1nn(C)c(C)c1C(=O)c1ccc2ncccc2c1. The highest BCUT2D eigenvalue weighted by molar-refractivity contribution is 6.11. The van der Waals surface area contributed by atoms with Crippen LogP contribution in [0.4, 0.5) is 0 Å². The van der Waals surface area contributed by atoms with Crippen molar-refractivity contribution in [3.63, 3.8) is 0 Å². The van der Waals surface area contributed by atoms with E-state index >= 15 is 0 Å². The van der Waals surface area contributed by atoms with E-state index in [1.165, 1.54) is 0 Å². The summed E-state index contributed by atoms with van der Waals surface area (Å²) in [5, 5.41) is 5.27. The summed E-state index contributed by atoms with van der Waals surface area (Å²) < 4.78 is 1.74. The Balaban J connectivity index is 2.12. The first-order chi connectivity index (χ1) is 9.58. The molecule has 3 rings (SSSR count). The molecular weight excluding hydrogens is 250 g/mol. The summed E-state index contributed by atoms with van der Waals surface area (Å²) in [5.74, 6) is 0.0128. The van der Waals surface area contributed by atoms with Crippen molar-refractivity contribution in [2.45, 2.75) is 13.8 Å². The topological polar surface area (TPSA) is 47.8 Å². The molecule has 100 valence electrons. The standard InChI is InChI=1S/C16H15N3O/c1-10-15(11(2)19(3)18-10)16(20)13-6-7-14-12(9-13)5-4-8-17-14/h4-9H,1-3H3. The van der Waals surface area contributed by atoms with Crippen molar-refractivity contribution in [1.29, 1.82) is 0 Å². The molecule has 0 atom stereocenters. The molecule has 0 N–H and O–H groups in total. The Morgan fingerprint density at radius 3 is 2.70 bits per heavy atom. The van der Waals surface area contributed by atoms with Crippen molar-refractivity contribution in [1.82, 2.24) is 14.8 Å². The molecule has 0 saturated heterocycles. The predicted octanol–water partition coefficient (Wildman–Crippen LogP) is 2.82. The molecular formula is C16H15N3O. The van der Waals surface area contributed by atoms with Crippen LogP contribution in [0.3, 0.4) is 0 Å². The second kappa shape index (κ2) is 4.56. The number of aromatic nitrogens is 3. The highest BCUT2D eigenvalue weighted by Crippen LogP contribution is 2.20. The number of fused-ring (bicyclic) bond motifs is 1. The van der Waals surface area contributed by atoms with E-state index < -0.39 is 0 Å². The van der Waals surface area contributed by atoms with Gasteiger partial charge in [0.15, 0.2) is 5.78 Å². The first kappa shape index (κ1) is 12.5. The van der Waals surface area contributed by atoms with Crippen LogP contribution in [0.1, 0.15) is 27.3 Å². The van der Waals surface area contributed by atoms with Crippen molar-refractivity contribution in [2.75, 3.05) is 0 Å². The fourth-order valence-electron chi connectivity index (χ4n) is 2.46. The number of nitrogens with zero attached hydrogens (tertiary/aromatic N) is 3. The molecule has 4 nitrogen and oxygen atoms in total. The number of pyridine rings is 1. The van der Waals surface area contributed by atoms with Gasteiger partial charge in [0.05, 0.1) is 16.8 Å². The molecule has 0 aliphatic heterocycles. The van der Waals surface area contributed by atoms with Crippen molar-refractivity contribution in [3.05, 3.63) is 59.0 Å². The van der Waals surface area contributed by atoms with E-state index in [0.717, 1.165) is 22.3 Å². The van der Waals surface area contributed by atoms with Crippen LogP contribution >= 0.6 is 0 Å². The number of benzene rings is 1. The minimum absolute atomic E-state index is 0.0128. The maximum absolute atomic E-state index is 12.7. The molecule has 0 fully saturated rings. The third-order valence-corrected chi connectivity index (χ3v) is 3.60. The lowest BCUT2D eigenvalue weighted by Gasteiger charge is -2.03. The maximum atomic E-state index is 12.7. The van der Waals surface area contributed by atoms with E-state index in [0.29, 0.717) is 11.1 Å². The number of hydrogen-bond donors (Lipinski definition) is 0. The van der Waals surface area contributed by atoms with Crippen LogP contribution in [0.15, 0.2) is 36.5 Å². The molecule has 2 heterocycles. The van der Waals surface area contributed by atoms with Gasteiger partial charge in [-0.3, -0.25) is 14.5 Å². The maximum Gasteiger partial charge on any atom is 0.196 e. The van der Waals surface area contributed by atoms with E-state index in [-0.39, 0.29) is 5.78 Å². The second-order valence-electron chi connectivity index (χ2n) is 4.91. The Labute approximate surface area is 117 Å².